The minimum Gasteiger partial charge on any atom is -0.325 e. The molecular weight excluding hydrogens is 403 g/mol. The van der Waals surface area contributed by atoms with Gasteiger partial charge in [0.1, 0.15) is 0 Å². The van der Waals surface area contributed by atoms with Crippen LogP contribution >= 0.6 is 39.1 Å². The minimum atomic E-state index is -3.07. The molecular formula is C12H13BrCl2N2O3S. The highest BCUT2D eigenvalue weighted by molar-refractivity contribution is 9.10. The SMILES string of the molecule is O=C(CC1CS(=O)(=O)CCN1)Nc1ccc(Br)c(Cl)c1Cl. The molecule has 0 saturated carbocycles. The fraction of sp³-hybridized carbons (Fsp3) is 0.417. The highest BCUT2D eigenvalue weighted by Crippen LogP contribution is 2.35. The van der Waals surface area contributed by atoms with E-state index >= 15 is 0 Å². The molecule has 9 heteroatoms. The molecule has 2 rings (SSSR count). The number of anilines is 1. The summed E-state index contributed by atoms with van der Waals surface area (Å²) in [5, 5.41) is 6.21. The maximum atomic E-state index is 12.0. The third kappa shape index (κ3) is 4.56. The predicted molar refractivity (Wildman–Crippen MR) is 87.9 cm³/mol. The molecule has 2 N–H and O–H groups in total. The van der Waals surface area contributed by atoms with E-state index < -0.39 is 9.84 Å². The van der Waals surface area contributed by atoms with Gasteiger partial charge in [-0.25, -0.2) is 8.42 Å². The van der Waals surface area contributed by atoms with E-state index in [0.29, 0.717) is 21.7 Å². The molecule has 1 amide bonds. The van der Waals surface area contributed by atoms with Gasteiger partial charge >= 0.3 is 0 Å². The lowest BCUT2D eigenvalue weighted by molar-refractivity contribution is -0.116. The van der Waals surface area contributed by atoms with Gasteiger partial charge in [0.25, 0.3) is 0 Å². The highest BCUT2D eigenvalue weighted by Gasteiger charge is 2.26. The summed E-state index contributed by atoms with van der Waals surface area (Å²) >= 11 is 15.2. The molecule has 0 aliphatic carbocycles. The first-order valence-corrected chi connectivity index (χ1v) is 9.53. The summed E-state index contributed by atoms with van der Waals surface area (Å²) in [6, 6.07) is 2.92. The number of nitrogens with one attached hydrogen (secondary N) is 2. The van der Waals surface area contributed by atoms with Gasteiger partial charge < -0.3 is 10.6 Å². The third-order valence-corrected chi connectivity index (χ3v) is 6.55. The monoisotopic (exact) mass is 414 g/mol. The molecule has 1 aliphatic rings. The molecule has 116 valence electrons. The zero-order chi connectivity index (χ0) is 15.6. The van der Waals surface area contributed by atoms with E-state index in [1.165, 1.54) is 0 Å². The van der Waals surface area contributed by atoms with Crippen LogP contribution in [0, 0.1) is 0 Å². The second-order valence-electron chi connectivity index (χ2n) is 4.74. The van der Waals surface area contributed by atoms with Crippen molar-refractivity contribution in [2.75, 3.05) is 23.4 Å². The van der Waals surface area contributed by atoms with Gasteiger partial charge in [-0.1, -0.05) is 23.2 Å². The van der Waals surface area contributed by atoms with Gasteiger partial charge in [0.2, 0.25) is 5.91 Å². The quantitative estimate of drug-likeness (QED) is 0.743. The van der Waals surface area contributed by atoms with E-state index in [1.54, 1.807) is 12.1 Å². The number of hydrogen-bond acceptors (Lipinski definition) is 4. The number of halogens is 3. The summed E-state index contributed by atoms with van der Waals surface area (Å²) in [5.74, 6) is -0.237. The van der Waals surface area contributed by atoms with Crippen LogP contribution in [0.1, 0.15) is 6.42 Å². The van der Waals surface area contributed by atoms with Crippen LogP contribution in [0.3, 0.4) is 0 Å². The predicted octanol–water partition coefficient (Wildman–Crippen LogP) is 2.47. The van der Waals surface area contributed by atoms with Gasteiger partial charge in [-0.3, -0.25) is 4.79 Å². The van der Waals surface area contributed by atoms with Crippen LogP contribution in [0.15, 0.2) is 16.6 Å². The van der Waals surface area contributed by atoms with Crippen LogP contribution in [-0.2, 0) is 14.6 Å². The van der Waals surface area contributed by atoms with Gasteiger partial charge in [-0.05, 0) is 28.1 Å². The minimum absolute atomic E-state index is 0.0325. The molecule has 1 aromatic rings. The zero-order valence-electron chi connectivity index (χ0n) is 10.8. The smallest absolute Gasteiger partial charge is 0.226 e. The average molecular weight is 416 g/mol. The second kappa shape index (κ2) is 6.83. The van der Waals surface area contributed by atoms with Crippen LogP contribution in [0.5, 0.6) is 0 Å². The summed E-state index contributed by atoms with van der Waals surface area (Å²) < 4.78 is 23.7. The third-order valence-electron chi connectivity index (χ3n) is 3.04. The van der Waals surface area contributed by atoms with E-state index in [4.69, 9.17) is 23.2 Å². The Labute approximate surface area is 141 Å². The van der Waals surface area contributed by atoms with E-state index in [2.05, 4.69) is 26.6 Å². The standard InChI is InChI=1S/C12H13BrCl2N2O3S/c13-8-1-2-9(12(15)11(8)14)17-10(18)5-7-6-21(19,20)4-3-16-7/h1-2,7,16H,3-6H2,(H,17,18). The van der Waals surface area contributed by atoms with Crippen LogP contribution in [0.25, 0.3) is 0 Å². The number of sulfone groups is 1. The number of carbonyl (C=O) groups is 1. The molecule has 1 fully saturated rings. The summed E-state index contributed by atoms with van der Waals surface area (Å²) in [6.07, 6.45) is 0.0588. The molecule has 0 spiro atoms. The molecule has 1 unspecified atom stereocenters. The molecule has 1 aliphatic heterocycles. The van der Waals surface area contributed by atoms with Gasteiger partial charge in [-0.15, -0.1) is 0 Å². The Kier molecular flexibility index (Phi) is 5.54. The molecule has 1 saturated heterocycles. The Balaban J connectivity index is 2.01. The Morgan fingerprint density at radius 3 is 2.76 bits per heavy atom. The van der Waals surface area contributed by atoms with Crippen molar-refractivity contribution in [2.45, 2.75) is 12.5 Å². The summed E-state index contributed by atoms with van der Waals surface area (Å²) in [5.41, 5.74) is 0.397. The largest absolute Gasteiger partial charge is 0.325 e. The van der Waals surface area contributed by atoms with Crippen molar-refractivity contribution in [1.82, 2.24) is 5.32 Å². The molecule has 1 heterocycles. The van der Waals surface area contributed by atoms with Crippen molar-refractivity contribution in [2.24, 2.45) is 0 Å². The van der Waals surface area contributed by atoms with E-state index in [0.717, 1.165) is 0 Å². The van der Waals surface area contributed by atoms with Crippen LogP contribution < -0.4 is 10.6 Å². The normalized spacial score (nSPS) is 21.0. The summed E-state index contributed by atoms with van der Waals surface area (Å²) in [7, 11) is -3.07. The van der Waals surface area contributed by atoms with Gasteiger partial charge in [0, 0.05) is 23.5 Å². The molecule has 5 nitrogen and oxygen atoms in total. The second-order valence-corrected chi connectivity index (χ2v) is 8.58. The fourth-order valence-corrected chi connectivity index (χ4v) is 4.31. The maximum Gasteiger partial charge on any atom is 0.226 e. The van der Waals surface area contributed by atoms with Crippen molar-refractivity contribution >= 4 is 60.6 Å². The number of rotatable bonds is 3. The van der Waals surface area contributed by atoms with Crippen molar-refractivity contribution in [3.05, 3.63) is 26.7 Å². The lowest BCUT2D eigenvalue weighted by Crippen LogP contribution is -2.46. The summed E-state index contributed by atoms with van der Waals surface area (Å²) in [6.45, 7) is 0.366. The van der Waals surface area contributed by atoms with Gasteiger partial charge in [0.15, 0.2) is 9.84 Å². The molecule has 0 radical (unpaired) electrons. The highest BCUT2D eigenvalue weighted by atomic mass is 79.9. The number of hydrogen-bond donors (Lipinski definition) is 2. The van der Waals surface area contributed by atoms with E-state index in [-0.39, 0.29) is 34.9 Å². The summed E-state index contributed by atoms with van der Waals surface area (Å²) in [4.78, 5) is 12.0. The zero-order valence-corrected chi connectivity index (χ0v) is 14.7. The number of carbonyl (C=O) groups excluding carboxylic acids is 1. The first-order chi connectivity index (χ1) is 9.78. The molecule has 21 heavy (non-hydrogen) atoms. The Bertz CT molecular complexity index is 667. The molecule has 1 atom stereocenters. The molecule has 0 aromatic heterocycles. The maximum absolute atomic E-state index is 12.0. The number of amides is 1. The van der Waals surface area contributed by atoms with Crippen molar-refractivity contribution in [3.8, 4) is 0 Å². The van der Waals surface area contributed by atoms with Crippen LogP contribution in [0.4, 0.5) is 5.69 Å². The van der Waals surface area contributed by atoms with Crippen LogP contribution in [-0.4, -0.2) is 38.4 Å². The fourth-order valence-electron chi connectivity index (χ4n) is 2.05. The number of benzene rings is 1. The van der Waals surface area contributed by atoms with Crippen molar-refractivity contribution in [3.63, 3.8) is 0 Å². The molecule has 0 bridgehead atoms. The first-order valence-electron chi connectivity index (χ1n) is 6.15. The van der Waals surface area contributed by atoms with E-state index in [1.807, 2.05) is 0 Å². The Morgan fingerprint density at radius 1 is 1.38 bits per heavy atom. The van der Waals surface area contributed by atoms with E-state index in [9.17, 15) is 13.2 Å². The van der Waals surface area contributed by atoms with Crippen molar-refractivity contribution < 1.29 is 13.2 Å². The molecule has 1 aromatic carbocycles. The van der Waals surface area contributed by atoms with Gasteiger partial charge in [-0.2, -0.15) is 0 Å². The Morgan fingerprint density at radius 2 is 2.10 bits per heavy atom. The first kappa shape index (κ1) is 17.0. The van der Waals surface area contributed by atoms with Crippen LogP contribution in [0.2, 0.25) is 10.0 Å². The Hall–Kier alpha value is -0.340. The lowest BCUT2D eigenvalue weighted by Gasteiger charge is -2.23. The van der Waals surface area contributed by atoms with Gasteiger partial charge in [0.05, 0.1) is 27.2 Å². The topological polar surface area (TPSA) is 75.3 Å². The van der Waals surface area contributed by atoms with Crippen molar-refractivity contribution in [1.29, 1.82) is 0 Å². The average Bonchev–Trinajstić information content (AvgIpc) is 2.38. The lowest BCUT2D eigenvalue weighted by atomic mass is 10.2.